The first-order valence-electron chi connectivity index (χ1n) is 6.39. The number of phenols is 1. The summed E-state index contributed by atoms with van der Waals surface area (Å²) in [5.41, 5.74) is 3.01. The number of ether oxygens (including phenoxy) is 1. The van der Waals surface area contributed by atoms with Gasteiger partial charge in [-0.2, -0.15) is 0 Å². The van der Waals surface area contributed by atoms with Crippen molar-refractivity contribution in [1.82, 2.24) is 4.98 Å². The second kappa shape index (κ2) is 3.73. The molecule has 1 aliphatic rings. The third-order valence-electron chi connectivity index (χ3n) is 3.44. The van der Waals surface area contributed by atoms with Gasteiger partial charge in [-0.1, -0.05) is 0 Å². The Bertz CT molecular complexity index is 714. The summed E-state index contributed by atoms with van der Waals surface area (Å²) in [6.07, 6.45) is 3.86. The summed E-state index contributed by atoms with van der Waals surface area (Å²) in [5, 5.41) is 11.4. The van der Waals surface area contributed by atoms with Gasteiger partial charge in [-0.15, -0.1) is 0 Å². The lowest BCUT2D eigenvalue weighted by Crippen LogP contribution is -2.27. The number of hydrogen-bond acceptors (Lipinski definition) is 3. The van der Waals surface area contributed by atoms with E-state index in [1.54, 1.807) is 0 Å². The molecule has 1 aromatic carbocycles. The predicted octanol–water partition coefficient (Wildman–Crippen LogP) is 3.74. The van der Waals surface area contributed by atoms with Crippen LogP contribution in [0.5, 0.6) is 11.5 Å². The van der Waals surface area contributed by atoms with Crippen LogP contribution in [0.25, 0.3) is 17.0 Å². The minimum atomic E-state index is -0.348. The van der Waals surface area contributed by atoms with E-state index >= 15 is 0 Å². The number of nitrogens with zero attached hydrogens (tertiary/aromatic N) is 1. The Labute approximate surface area is 112 Å². The van der Waals surface area contributed by atoms with Crippen molar-refractivity contribution in [3.05, 3.63) is 35.0 Å². The van der Waals surface area contributed by atoms with Crippen LogP contribution < -0.4 is 4.74 Å². The van der Waals surface area contributed by atoms with Gasteiger partial charge in [0.05, 0.1) is 5.56 Å². The van der Waals surface area contributed by atoms with Crippen LogP contribution in [-0.4, -0.2) is 15.7 Å². The van der Waals surface area contributed by atoms with Crippen molar-refractivity contribution >= 4 is 17.0 Å². The third kappa shape index (κ3) is 1.86. The second-order valence-corrected chi connectivity index (χ2v) is 5.65. The molecule has 0 saturated carbocycles. The number of pyridine rings is 1. The Morgan fingerprint density at radius 2 is 1.95 bits per heavy atom. The maximum Gasteiger partial charge on any atom is 0.152 e. The van der Waals surface area contributed by atoms with Gasteiger partial charge in [0.25, 0.3) is 0 Å². The van der Waals surface area contributed by atoms with Crippen molar-refractivity contribution < 1.29 is 9.84 Å². The Kier molecular flexibility index (Phi) is 2.36. The first-order chi connectivity index (χ1) is 8.87. The molecule has 0 fully saturated rings. The van der Waals surface area contributed by atoms with Gasteiger partial charge < -0.3 is 9.84 Å². The van der Waals surface area contributed by atoms with E-state index in [4.69, 9.17) is 4.74 Å². The number of aryl methyl sites for hydroxylation is 2. The molecular formula is C16H17NO2. The molecule has 1 aromatic heterocycles. The largest absolute Gasteiger partial charge is 0.505 e. The number of aromatic hydroxyl groups is 1. The molecule has 3 rings (SSSR count). The SMILES string of the molecule is Cc1cc(C)c2cc3c(c(O)c2n1)C=CC(C)(C)O3. The fourth-order valence-corrected chi connectivity index (χ4v) is 2.51. The van der Waals surface area contributed by atoms with E-state index in [9.17, 15) is 5.11 Å². The quantitative estimate of drug-likeness (QED) is 0.779. The van der Waals surface area contributed by atoms with Crippen LogP contribution in [0.4, 0.5) is 0 Å². The van der Waals surface area contributed by atoms with Crippen molar-refractivity contribution in [3.8, 4) is 11.5 Å². The molecule has 0 spiro atoms. The topological polar surface area (TPSA) is 42.4 Å². The van der Waals surface area contributed by atoms with E-state index in [-0.39, 0.29) is 11.4 Å². The number of rotatable bonds is 0. The van der Waals surface area contributed by atoms with Gasteiger partial charge in [0.15, 0.2) is 5.75 Å². The average molecular weight is 255 g/mol. The normalized spacial score (nSPS) is 16.2. The Morgan fingerprint density at radius 3 is 2.68 bits per heavy atom. The average Bonchev–Trinajstić information content (AvgIpc) is 2.29. The summed E-state index contributed by atoms with van der Waals surface area (Å²) in [6, 6.07) is 3.98. The minimum Gasteiger partial charge on any atom is -0.505 e. The fraction of sp³-hybridized carbons (Fsp3) is 0.312. The van der Waals surface area contributed by atoms with E-state index in [2.05, 4.69) is 4.98 Å². The highest BCUT2D eigenvalue weighted by Gasteiger charge is 2.25. The van der Waals surface area contributed by atoms with E-state index in [1.807, 2.05) is 52.0 Å². The molecule has 0 unspecified atom stereocenters. The first-order valence-corrected chi connectivity index (χ1v) is 6.39. The maximum absolute atomic E-state index is 10.4. The molecule has 0 saturated heterocycles. The van der Waals surface area contributed by atoms with Crippen molar-refractivity contribution in [3.63, 3.8) is 0 Å². The smallest absolute Gasteiger partial charge is 0.152 e. The second-order valence-electron chi connectivity index (χ2n) is 5.65. The molecule has 19 heavy (non-hydrogen) atoms. The van der Waals surface area contributed by atoms with Crippen LogP contribution in [0.15, 0.2) is 18.2 Å². The zero-order valence-corrected chi connectivity index (χ0v) is 11.6. The monoisotopic (exact) mass is 255 g/mol. The van der Waals surface area contributed by atoms with Gasteiger partial charge in [-0.25, -0.2) is 4.98 Å². The molecule has 3 nitrogen and oxygen atoms in total. The van der Waals surface area contributed by atoms with Crippen LogP contribution in [0.1, 0.15) is 30.7 Å². The summed E-state index contributed by atoms with van der Waals surface area (Å²) >= 11 is 0. The third-order valence-corrected chi connectivity index (χ3v) is 3.44. The summed E-state index contributed by atoms with van der Waals surface area (Å²) in [7, 11) is 0. The number of hydrogen-bond donors (Lipinski definition) is 1. The van der Waals surface area contributed by atoms with Crippen molar-refractivity contribution in [2.75, 3.05) is 0 Å². The highest BCUT2D eigenvalue weighted by Crippen LogP contribution is 2.41. The summed E-state index contributed by atoms with van der Waals surface area (Å²) in [5.74, 6) is 0.914. The Hall–Kier alpha value is -2.03. The van der Waals surface area contributed by atoms with Gasteiger partial charge in [0, 0.05) is 11.1 Å². The molecule has 0 bridgehead atoms. The van der Waals surface area contributed by atoms with Crippen LogP contribution in [0.2, 0.25) is 0 Å². The standard InChI is InChI=1S/C16H17NO2/c1-9-7-10(2)17-14-12(9)8-13-11(15(14)18)5-6-16(3,4)19-13/h5-8,18H,1-4H3. The predicted molar refractivity (Wildman–Crippen MR) is 76.6 cm³/mol. The highest BCUT2D eigenvalue weighted by molar-refractivity contribution is 5.93. The van der Waals surface area contributed by atoms with Gasteiger partial charge in [-0.3, -0.25) is 0 Å². The molecule has 2 heterocycles. The zero-order valence-electron chi connectivity index (χ0n) is 11.6. The van der Waals surface area contributed by atoms with Crippen molar-refractivity contribution in [2.24, 2.45) is 0 Å². The molecule has 0 amide bonds. The van der Waals surface area contributed by atoms with Gasteiger partial charge in [-0.05, 0) is 57.5 Å². The molecule has 1 N–H and O–H groups in total. The zero-order chi connectivity index (χ0) is 13.8. The van der Waals surface area contributed by atoms with E-state index in [0.29, 0.717) is 16.8 Å². The minimum absolute atomic E-state index is 0.200. The van der Waals surface area contributed by atoms with Crippen LogP contribution in [0.3, 0.4) is 0 Å². The molecule has 0 atom stereocenters. The molecule has 0 radical (unpaired) electrons. The summed E-state index contributed by atoms with van der Waals surface area (Å²) < 4.78 is 5.92. The maximum atomic E-state index is 10.4. The number of phenolic OH excluding ortho intramolecular Hbond substituents is 1. The summed E-state index contributed by atoms with van der Waals surface area (Å²) in [4.78, 5) is 4.44. The molecule has 1 aliphatic heterocycles. The molecule has 3 heteroatoms. The molecule has 2 aromatic rings. The van der Waals surface area contributed by atoms with E-state index in [1.165, 1.54) is 0 Å². The van der Waals surface area contributed by atoms with Crippen LogP contribution in [-0.2, 0) is 0 Å². The van der Waals surface area contributed by atoms with Gasteiger partial charge in [0.2, 0.25) is 0 Å². The van der Waals surface area contributed by atoms with E-state index < -0.39 is 0 Å². The Morgan fingerprint density at radius 1 is 1.21 bits per heavy atom. The highest BCUT2D eigenvalue weighted by atomic mass is 16.5. The number of aromatic nitrogens is 1. The lowest BCUT2D eigenvalue weighted by molar-refractivity contribution is 0.158. The van der Waals surface area contributed by atoms with Crippen LogP contribution >= 0.6 is 0 Å². The molecule has 0 aliphatic carbocycles. The van der Waals surface area contributed by atoms with Gasteiger partial charge in [0.1, 0.15) is 16.9 Å². The summed E-state index contributed by atoms with van der Waals surface area (Å²) in [6.45, 7) is 7.94. The van der Waals surface area contributed by atoms with Crippen LogP contribution in [0, 0.1) is 13.8 Å². The number of benzene rings is 1. The fourth-order valence-electron chi connectivity index (χ4n) is 2.51. The van der Waals surface area contributed by atoms with Crippen molar-refractivity contribution in [2.45, 2.75) is 33.3 Å². The Balaban J connectivity index is 2.37. The lowest BCUT2D eigenvalue weighted by atomic mass is 9.98. The van der Waals surface area contributed by atoms with Gasteiger partial charge >= 0.3 is 0 Å². The lowest BCUT2D eigenvalue weighted by Gasteiger charge is -2.28. The number of fused-ring (bicyclic) bond motifs is 2. The molecular weight excluding hydrogens is 238 g/mol. The van der Waals surface area contributed by atoms with Crippen molar-refractivity contribution in [1.29, 1.82) is 0 Å². The first kappa shape index (κ1) is 12.0. The van der Waals surface area contributed by atoms with E-state index in [0.717, 1.165) is 16.6 Å². The molecule has 98 valence electrons.